The second kappa shape index (κ2) is 32.4. The standard InChI is InChI=1S/C27H45NO.C26H43NO.C25H38N2O.C22H36O2S/c1-19(18-28-15-5-4-6-16-28)24-9-10-25-23-8-7-20-17-26(2,29)13-11-21(20)22(23)12-14-27(24,25)3;1-18(17-27-14-4-5-15-27)23-8-9-24-22-7-6-19-16-25(2,28)12-10-20(19)21(22)11-13-26(23,24)3;1-17(15-27-13-12-26-16-27)22-6-7-23-21-5-4-18-14-24(2,28)10-8-19(18)20(21)9-11-25(22,23)3;1-21(24)10-8-15-14(12-21)4-5-17-16(15)9-11-22(2)18(17)6-7-19(22)20(23)13-25-3/h20-25,29H,1,4-18H2,2-3H3;19-24,28H,1,4-17H2,2-3H3;12-13,16,18-23,28H,1,4-11,14-15H2,2-3H3;14-19,24H,4-13H2,1-3H3/t20-,21+,22-,23-,24-,25+,26-,27-;19-,20+,21-,22-,23-,24+,25-,26-;18-,19+,20-,21-,22-,23+,24-,25-;14-,15+,16-,17-,18+,19-,21-,22+/m1111/s1. The van der Waals surface area contributed by atoms with Gasteiger partial charge in [-0.25, -0.2) is 4.98 Å². The molecule has 18 fully saturated rings. The number of hydrogen-bond donors (Lipinski definition) is 4. The first-order chi connectivity index (χ1) is 52.5. The number of Topliss-reactive ketones (excluding diaryl/α,β-unsaturated/α-hetero) is 1. The number of allylic oxidation sites excluding steroid dienone is 1. The van der Waals surface area contributed by atoms with Crippen LogP contribution < -0.4 is 0 Å². The zero-order valence-corrected chi connectivity index (χ0v) is 72.6. The molecule has 0 unspecified atom stereocenters. The Balaban J connectivity index is 0.000000112. The van der Waals surface area contributed by atoms with E-state index in [9.17, 15) is 25.2 Å². The van der Waals surface area contributed by atoms with Gasteiger partial charge in [-0.1, -0.05) is 70.6 Å². The number of ketones is 1. The van der Waals surface area contributed by atoms with Gasteiger partial charge in [-0.3, -0.25) is 14.6 Å². The van der Waals surface area contributed by atoms with Crippen LogP contribution in [0.15, 0.2) is 55.2 Å². The van der Waals surface area contributed by atoms with Gasteiger partial charge in [0, 0.05) is 37.9 Å². The van der Waals surface area contributed by atoms with E-state index in [-0.39, 0.29) is 16.6 Å². The van der Waals surface area contributed by atoms with Crippen LogP contribution in [0.2, 0.25) is 0 Å². The van der Waals surface area contributed by atoms with Gasteiger partial charge in [0.05, 0.1) is 34.5 Å². The summed E-state index contributed by atoms with van der Waals surface area (Å²) in [5.74, 6) is 21.4. The maximum absolute atomic E-state index is 12.7. The van der Waals surface area contributed by atoms with Crippen LogP contribution >= 0.6 is 11.8 Å². The third-order valence-corrected chi connectivity index (χ3v) is 40.1. The number of carbonyl (C=O) groups is 1. The number of fused-ring (bicyclic) bond motifs is 20. The quantitative estimate of drug-likeness (QED) is 0.152. The molecule has 0 aromatic carbocycles. The number of nitrogens with zero attached hydrogens (tertiary/aromatic N) is 4. The molecule has 0 spiro atoms. The number of hydrogen-bond acceptors (Lipinski definition) is 9. The van der Waals surface area contributed by atoms with Crippen molar-refractivity contribution in [2.75, 3.05) is 51.3 Å². The Morgan fingerprint density at radius 1 is 0.364 bits per heavy atom. The number of likely N-dealkylation sites (tertiary alicyclic amines) is 2. The lowest BCUT2D eigenvalue weighted by atomic mass is 9.49. The lowest BCUT2D eigenvalue weighted by Gasteiger charge is -2.57. The molecule has 2 aliphatic heterocycles. The molecule has 19 rings (SSSR count). The van der Waals surface area contributed by atoms with Gasteiger partial charge in [0.25, 0.3) is 0 Å². The Morgan fingerprint density at radius 3 is 0.964 bits per heavy atom. The predicted octanol–water partition coefficient (Wildman–Crippen LogP) is 22.1. The van der Waals surface area contributed by atoms with Crippen molar-refractivity contribution in [1.82, 2.24) is 19.4 Å². The second-order valence-electron chi connectivity index (χ2n) is 45.8. The fourth-order valence-electron chi connectivity index (χ4n) is 34.7. The highest BCUT2D eigenvalue weighted by atomic mass is 32.2. The largest absolute Gasteiger partial charge is 0.390 e. The molecule has 16 saturated carbocycles. The first-order valence-corrected chi connectivity index (χ1v) is 49.2. The number of carbonyl (C=O) groups excluding carboxylic acids is 1. The second-order valence-corrected chi connectivity index (χ2v) is 46.7. The number of rotatable bonds is 12. The van der Waals surface area contributed by atoms with Crippen molar-refractivity contribution in [2.24, 2.45) is 164 Å². The summed E-state index contributed by atoms with van der Waals surface area (Å²) >= 11 is 1.70. The van der Waals surface area contributed by atoms with Gasteiger partial charge in [0.2, 0.25) is 0 Å². The lowest BCUT2D eigenvalue weighted by Crippen LogP contribution is -2.51. The highest BCUT2D eigenvalue weighted by Gasteiger charge is 2.63. The topological polar surface area (TPSA) is 122 Å². The summed E-state index contributed by atoms with van der Waals surface area (Å²) in [5, 5.41) is 42.3. The summed E-state index contributed by atoms with van der Waals surface area (Å²) in [7, 11) is 0. The SMILES string of the molecule is C=C(CN1CCCC1)[C@H]1CC[C@H]2[C@@H]3CC[C@@H]4C[C@](C)(O)CC[C@@H]4[C@H]3CC[C@]12C.C=C(CN1CCCCC1)[C@H]1CC[C@H]2[C@@H]3CC[C@@H]4C[C@](C)(O)CC[C@@H]4[C@H]3CC[C@]12C.C=C(Cn1ccnc1)[C@H]1CC[C@H]2[C@@H]3CC[C@@H]4C[C@](C)(O)CC[C@@H]4[C@H]3CC[C@]12C.CSCC(=O)[C@H]1CC[C@H]2[C@@H]3CC[C@@H]4C[C@](C)(O)CC[C@@H]4[C@H]3CC[C@]12C. The molecule has 10 heteroatoms. The van der Waals surface area contributed by atoms with E-state index in [2.05, 4.69) is 100 Å². The van der Waals surface area contributed by atoms with Gasteiger partial charge in [0.15, 0.2) is 0 Å². The Morgan fingerprint density at radius 2 is 0.655 bits per heavy atom. The van der Waals surface area contributed by atoms with E-state index in [4.69, 9.17) is 0 Å². The fraction of sp³-hybridized carbons (Fsp3) is 0.900. The molecule has 4 N–H and O–H groups in total. The summed E-state index contributed by atoms with van der Waals surface area (Å²) < 4.78 is 2.18. The summed E-state index contributed by atoms with van der Waals surface area (Å²) in [5.41, 5.74) is 4.72. The highest BCUT2D eigenvalue weighted by molar-refractivity contribution is 7.99. The lowest BCUT2D eigenvalue weighted by molar-refractivity contribution is -0.129. The van der Waals surface area contributed by atoms with Gasteiger partial charge in [0.1, 0.15) is 5.78 Å². The van der Waals surface area contributed by atoms with Crippen LogP contribution in [0.1, 0.15) is 319 Å². The molecule has 110 heavy (non-hydrogen) atoms. The maximum Gasteiger partial charge on any atom is 0.146 e. The molecule has 9 nitrogen and oxygen atoms in total. The molecular formula is C100H162N4O5S. The Labute approximate surface area is 675 Å². The molecular weight excluding hydrogens is 1370 g/mol. The Bertz CT molecular complexity index is 3340. The number of aliphatic hydroxyl groups is 4. The van der Waals surface area contributed by atoms with Crippen LogP contribution in [-0.2, 0) is 11.3 Å². The van der Waals surface area contributed by atoms with Crippen molar-refractivity contribution in [3.8, 4) is 0 Å². The van der Waals surface area contributed by atoms with Gasteiger partial charge in [-0.2, -0.15) is 11.8 Å². The fourth-order valence-corrected chi connectivity index (χ4v) is 35.2. The molecule has 3 heterocycles. The first kappa shape index (κ1) is 81.9. The van der Waals surface area contributed by atoms with Crippen LogP contribution in [0.25, 0.3) is 0 Å². The van der Waals surface area contributed by atoms with Crippen LogP contribution in [0, 0.1) is 164 Å². The highest BCUT2D eigenvalue weighted by Crippen LogP contribution is 2.71. The average molecular weight is 1530 g/mol. The number of imidazole rings is 1. The predicted molar refractivity (Wildman–Crippen MR) is 454 cm³/mol. The maximum atomic E-state index is 12.7. The van der Waals surface area contributed by atoms with Crippen molar-refractivity contribution in [3.05, 3.63) is 55.2 Å². The first-order valence-electron chi connectivity index (χ1n) is 47.8. The molecule has 32 atom stereocenters. The van der Waals surface area contributed by atoms with Crippen molar-refractivity contribution < 1.29 is 25.2 Å². The molecule has 0 amide bonds. The van der Waals surface area contributed by atoms with Gasteiger partial charge in [-0.15, -0.1) is 0 Å². The van der Waals surface area contributed by atoms with E-state index in [1.807, 2.05) is 19.4 Å². The number of thioether (sulfide) groups is 1. The summed E-state index contributed by atoms with van der Waals surface area (Å²) in [6.45, 7) is 41.0. The van der Waals surface area contributed by atoms with Gasteiger partial charge < -0.3 is 25.0 Å². The monoisotopic (exact) mass is 1530 g/mol. The molecule has 0 bridgehead atoms. The molecule has 0 radical (unpaired) electrons. The molecule has 1 aromatic heterocycles. The van der Waals surface area contributed by atoms with E-state index >= 15 is 0 Å². The Hall–Kier alpha value is -1.79. The summed E-state index contributed by atoms with van der Waals surface area (Å²) in [4.78, 5) is 22.3. The Kier molecular flexibility index (Phi) is 24.1. The van der Waals surface area contributed by atoms with Crippen LogP contribution in [0.3, 0.4) is 0 Å². The number of piperidine rings is 1. The average Bonchev–Trinajstić information content (AvgIpc) is 1.51. The van der Waals surface area contributed by atoms with Crippen molar-refractivity contribution >= 4 is 17.5 Å². The minimum Gasteiger partial charge on any atom is -0.390 e. The van der Waals surface area contributed by atoms with Crippen molar-refractivity contribution in [3.63, 3.8) is 0 Å². The van der Waals surface area contributed by atoms with Gasteiger partial charge >= 0.3 is 0 Å². The third kappa shape index (κ3) is 16.0. The van der Waals surface area contributed by atoms with E-state index in [0.29, 0.717) is 39.6 Å². The van der Waals surface area contributed by atoms with E-state index < -0.39 is 11.2 Å². The smallest absolute Gasteiger partial charge is 0.146 e. The van der Waals surface area contributed by atoms with Crippen molar-refractivity contribution in [2.45, 2.75) is 348 Å². The molecule has 16 aliphatic carbocycles. The van der Waals surface area contributed by atoms with E-state index in [1.54, 1.807) is 22.9 Å². The number of aromatic nitrogens is 2. The summed E-state index contributed by atoms with van der Waals surface area (Å²) in [6, 6.07) is 0. The van der Waals surface area contributed by atoms with Gasteiger partial charge in [-0.05, 0) is 475 Å². The van der Waals surface area contributed by atoms with E-state index in [0.717, 1.165) is 195 Å². The summed E-state index contributed by atoms with van der Waals surface area (Å²) in [6.07, 6.45) is 61.4. The van der Waals surface area contributed by atoms with E-state index in [1.165, 1.54) is 250 Å². The normalized spacial score (nSPS) is 50.4. The third-order valence-electron chi connectivity index (χ3n) is 39.5. The zero-order chi connectivity index (χ0) is 77.1. The minimum absolute atomic E-state index is 0.279. The van der Waals surface area contributed by atoms with Crippen LogP contribution in [0.5, 0.6) is 0 Å². The molecule has 18 aliphatic rings. The molecule has 2 saturated heterocycles. The molecule has 618 valence electrons. The van der Waals surface area contributed by atoms with Crippen molar-refractivity contribution in [1.29, 1.82) is 0 Å². The van der Waals surface area contributed by atoms with Crippen LogP contribution in [0.4, 0.5) is 0 Å². The molecule has 1 aromatic rings. The minimum atomic E-state index is -0.417. The van der Waals surface area contributed by atoms with Crippen LogP contribution in [-0.4, -0.2) is 119 Å². The zero-order valence-electron chi connectivity index (χ0n) is 71.8.